The van der Waals surface area contributed by atoms with E-state index in [1.165, 1.54) is 11.1 Å². The van der Waals surface area contributed by atoms with Gasteiger partial charge in [-0.05, 0) is 73.5 Å². The zero-order valence-electron chi connectivity index (χ0n) is 15.4. The smallest absolute Gasteiger partial charge is 0.178 e. The van der Waals surface area contributed by atoms with Crippen LogP contribution in [-0.2, 0) is 4.79 Å². The Balaban J connectivity index is 1.79. The maximum atomic E-state index is 11.8. The summed E-state index contributed by atoms with van der Waals surface area (Å²) >= 11 is 0. The minimum Gasteiger partial charge on any atom is -0.510 e. The van der Waals surface area contributed by atoms with E-state index >= 15 is 0 Å². The summed E-state index contributed by atoms with van der Waals surface area (Å²) in [6.45, 7) is 6.44. The molecule has 0 saturated heterocycles. The maximum Gasteiger partial charge on any atom is 0.178 e. The van der Waals surface area contributed by atoms with Crippen molar-refractivity contribution >= 4 is 5.78 Å². The zero-order chi connectivity index (χ0) is 18.0. The van der Waals surface area contributed by atoms with E-state index < -0.39 is 0 Å². The van der Waals surface area contributed by atoms with Crippen LogP contribution in [0.3, 0.4) is 0 Å². The van der Waals surface area contributed by atoms with E-state index in [0.717, 1.165) is 31.3 Å². The Morgan fingerprint density at radius 2 is 2.12 bits per heavy atom. The molecular formula is C22H28O3. The second kappa shape index (κ2) is 5.44. The summed E-state index contributed by atoms with van der Waals surface area (Å²) < 4.78 is 0. The van der Waals surface area contributed by atoms with Gasteiger partial charge in [0.25, 0.3) is 0 Å². The highest BCUT2D eigenvalue weighted by molar-refractivity contribution is 6.01. The van der Waals surface area contributed by atoms with Crippen LogP contribution in [0.2, 0.25) is 0 Å². The van der Waals surface area contributed by atoms with Gasteiger partial charge in [0, 0.05) is 5.41 Å². The average Bonchev–Trinajstić information content (AvgIpc) is 2.85. The molecule has 0 aromatic rings. The van der Waals surface area contributed by atoms with Crippen molar-refractivity contribution in [1.29, 1.82) is 0 Å². The molecule has 2 N–H and O–H groups in total. The number of allylic oxidation sites excluding steroid dienone is 7. The van der Waals surface area contributed by atoms with Crippen LogP contribution in [0, 0.1) is 28.6 Å². The quantitative estimate of drug-likeness (QED) is 0.554. The summed E-state index contributed by atoms with van der Waals surface area (Å²) in [5.74, 6) is 1.59. The standard InChI is InChI=1S/C22H28O3/c1-13-10-18-16-5-4-14-11-15(24)6-8-21(14,2)17(16)7-9-22(18,3)20(13)19(25)12-23/h6-8,11,13,16,18,23,25H,4-5,9-10,12H2,1-3H3/b20-19-/t13-,16-,18+,21+,22+/m1/s1. The molecule has 4 aliphatic carbocycles. The van der Waals surface area contributed by atoms with Crippen molar-refractivity contribution in [3.8, 4) is 0 Å². The molecule has 4 rings (SSSR count). The maximum absolute atomic E-state index is 11.8. The van der Waals surface area contributed by atoms with Crippen LogP contribution in [0.1, 0.15) is 46.5 Å². The highest BCUT2D eigenvalue weighted by Gasteiger charge is 2.56. The second-order valence-electron chi connectivity index (χ2n) is 8.80. The number of aliphatic hydroxyl groups is 2. The van der Waals surface area contributed by atoms with Gasteiger partial charge in [0.05, 0.1) is 0 Å². The van der Waals surface area contributed by atoms with E-state index in [1.54, 1.807) is 6.08 Å². The van der Waals surface area contributed by atoms with Crippen molar-refractivity contribution in [1.82, 2.24) is 0 Å². The van der Waals surface area contributed by atoms with Crippen molar-refractivity contribution in [3.05, 3.63) is 46.8 Å². The lowest BCUT2D eigenvalue weighted by Gasteiger charge is -2.51. The summed E-state index contributed by atoms with van der Waals surface area (Å²) in [4.78, 5) is 11.8. The highest BCUT2D eigenvalue weighted by Crippen LogP contribution is 2.65. The Morgan fingerprint density at radius 1 is 1.36 bits per heavy atom. The summed E-state index contributed by atoms with van der Waals surface area (Å²) in [5, 5.41) is 19.8. The van der Waals surface area contributed by atoms with Crippen molar-refractivity contribution in [2.45, 2.75) is 46.5 Å². The number of aliphatic hydroxyl groups excluding tert-OH is 2. The highest BCUT2D eigenvalue weighted by atomic mass is 16.3. The van der Waals surface area contributed by atoms with Crippen molar-refractivity contribution in [2.75, 3.05) is 6.61 Å². The molecule has 134 valence electrons. The summed E-state index contributed by atoms with van der Waals surface area (Å²) in [6.07, 6.45) is 12.1. The van der Waals surface area contributed by atoms with Crippen LogP contribution < -0.4 is 0 Å². The predicted octanol–water partition coefficient (Wildman–Crippen LogP) is 4.26. The van der Waals surface area contributed by atoms with E-state index in [2.05, 4.69) is 32.9 Å². The van der Waals surface area contributed by atoms with Gasteiger partial charge in [-0.2, -0.15) is 0 Å². The lowest BCUT2D eigenvalue weighted by Crippen LogP contribution is -2.42. The lowest BCUT2D eigenvalue weighted by molar-refractivity contribution is -0.110. The molecular weight excluding hydrogens is 312 g/mol. The van der Waals surface area contributed by atoms with E-state index in [4.69, 9.17) is 0 Å². The van der Waals surface area contributed by atoms with Gasteiger partial charge < -0.3 is 10.2 Å². The minimum atomic E-state index is -0.265. The van der Waals surface area contributed by atoms with Gasteiger partial charge in [0.15, 0.2) is 5.78 Å². The third-order valence-corrected chi connectivity index (χ3v) is 7.51. The van der Waals surface area contributed by atoms with E-state index in [0.29, 0.717) is 17.8 Å². The van der Waals surface area contributed by atoms with Gasteiger partial charge in [-0.3, -0.25) is 4.79 Å². The molecule has 5 atom stereocenters. The number of hydrogen-bond donors (Lipinski definition) is 2. The largest absolute Gasteiger partial charge is 0.510 e. The summed E-state index contributed by atoms with van der Waals surface area (Å²) in [5.41, 5.74) is 3.61. The van der Waals surface area contributed by atoms with Crippen molar-refractivity contribution in [2.24, 2.45) is 28.6 Å². The van der Waals surface area contributed by atoms with Crippen LogP contribution in [0.5, 0.6) is 0 Å². The number of carbonyl (C=O) groups is 1. The van der Waals surface area contributed by atoms with E-state index in [-0.39, 0.29) is 29.0 Å². The first-order valence-electron chi connectivity index (χ1n) is 9.49. The normalized spacial score (nSPS) is 44.5. The molecule has 0 aromatic carbocycles. The van der Waals surface area contributed by atoms with E-state index in [1.807, 2.05) is 6.08 Å². The minimum absolute atomic E-state index is 0.0633. The summed E-state index contributed by atoms with van der Waals surface area (Å²) in [6, 6.07) is 0. The van der Waals surface area contributed by atoms with Crippen molar-refractivity contribution in [3.63, 3.8) is 0 Å². The topological polar surface area (TPSA) is 57.5 Å². The van der Waals surface area contributed by atoms with Crippen molar-refractivity contribution < 1.29 is 15.0 Å². The molecule has 0 unspecified atom stereocenters. The Labute approximate surface area is 149 Å². The Hall–Kier alpha value is -1.61. The third kappa shape index (κ3) is 2.18. The first-order valence-corrected chi connectivity index (χ1v) is 9.49. The molecule has 0 aliphatic heterocycles. The van der Waals surface area contributed by atoms with Gasteiger partial charge in [-0.15, -0.1) is 0 Å². The molecule has 2 saturated carbocycles. The molecule has 25 heavy (non-hydrogen) atoms. The molecule has 0 heterocycles. The summed E-state index contributed by atoms with van der Waals surface area (Å²) in [7, 11) is 0. The third-order valence-electron chi connectivity index (χ3n) is 7.51. The average molecular weight is 340 g/mol. The molecule has 4 aliphatic rings. The Bertz CT molecular complexity index is 753. The fourth-order valence-electron chi connectivity index (χ4n) is 6.38. The van der Waals surface area contributed by atoms with Crippen LogP contribution in [0.4, 0.5) is 0 Å². The monoisotopic (exact) mass is 340 g/mol. The Morgan fingerprint density at radius 3 is 2.84 bits per heavy atom. The fraction of sp³-hybridized carbons (Fsp3) is 0.591. The fourth-order valence-corrected chi connectivity index (χ4v) is 6.38. The van der Waals surface area contributed by atoms with Gasteiger partial charge in [-0.1, -0.05) is 37.1 Å². The van der Waals surface area contributed by atoms with Crippen LogP contribution in [-0.4, -0.2) is 22.6 Å². The SMILES string of the molecule is C[C@@H]1C[C@H]2[C@@H]3CCC4=CC(=O)C=C[C@]4(C)C3=CC[C@]2(C)/C1=C(\O)CO. The Kier molecular flexibility index (Phi) is 3.66. The van der Waals surface area contributed by atoms with Crippen LogP contribution in [0.25, 0.3) is 0 Å². The molecule has 3 heteroatoms. The predicted molar refractivity (Wildman–Crippen MR) is 97.9 cm³/mol. The number of fused-ring (bicyclic) bond motifs is 5. The van der Waals surface area contributed by atoms with Gasteiger partial charge >= 0.3 is 0 Å². The number of carbonyl (C=O) groups excluding carboxylic acids is 1. The van der Waals surface area contributed by atoms with Crippen LogP contribution >= 0.6 is 0 Å². The molecule has 0 amide bonds. The van der Waals surface area contributed by atoms with Gasteiger partial charge in [0.1, 0.15) is 12.4 Å². The molecule has 0 radical (unpaired) electrons. The lowest BCUT2D eigenvalue weighted by atomic mass is 9.53. The zero-order valence-corrected chi connectivity index (χ0v) is 15.4. The molecule has 0 spiro atoms. The molecule has 3 nitrogen and oxygen atoms in total. The van der Waals surface area contributed by atoms with Gasteiger partial charge in [0.2, 0.25) is 0 Å². The number of ketones is 1. The number of hydrogen-bond acceptors (Lipinski definition) is 3. The van der Waals surface area contributed by atoms with Gasteiger partial charge in [-0.25, -0.2) is 0 Å². The molecule has 0 aromatic heterocycles. The molecule has 0 bridgehead atoms. The second-order valence-corrected chi connectivity index (χ2v) is 8.80. The van der Waals surface area contributed by atoms with E-state index in [9.17, 15) is 15.0 Å². The first-order chi connectivity index (χ1) is 11.8. The number of rotatable bonds is 1. The first kappa shape index (κ1) is 16.8. The van der Waals surface area contributed by atoms with Crippen LogP contribution in [0.15, 0.2) is 46.8 Å². The molecule has 2 fully saturated rings.